The topological polar surface area (TPSA) is 69.4 Å². The number of carbonyl (C=O) groups is 2. The second kappa shape index (κ2) is 2.32. The first-order valence-electron chi connectivity index (χ1n) is 3.77. The van der Waals surface area contributed by atoms with Gasteiger partial charge in [-0.05, 0) is 18.6 Å². The van der Waals surface area contributed by atoms with Crippen molar-refractivity contribution in [2.24, 2.45) is 0 Å². The smallest absolute Gasteiger partial charge is 0.349 e. The molecule has 0 saturated carbocycles. The number of fused-ring (bicyclic) bond motifs is 1. The fourth-order valence-electron chi connectivity index (χ4n) is 1.30. The highest BCUT2D eigenvalue weighted by molar-refractivity contribution is 6.17. The van der Waals surface area contributed by atoms with Crippen LogP contribution in [0.3, 0.4) is 0 Å². The van der Waals surface area contributed by atoms with E-state index in [0.29, 0.717) is 5.69 Å². The molecule has 4 nitrogen and oxygen atoms in total. The fourth-order valence-corrected chi connectivity index (χ4v) is 1.30. The molecule has 1 aromatic carbocycles. The van der Waals surface area contributed by atoms with E-state index in [-0.39, 0.29) is 11.1 Å². The normalized spacial score (nSPS) is 14.2. The molecule has 0 radical (unpaired) electrons. The first-order chi connectivity index (χ1) is 6.11. The van der Waals surface area contributed by atoms with E-state index in [0.717, 1.165) is 5.56 Å². The van der Waals surface area contributed by atoms with Crippen LogP contribution in [0.2, 0.25) is 0 Å². The van der Waals surface area contributed by atoms with Gasteiger partial charge >= 0.3 is 11.9 Å². The summed E-state index contributed by atoms with van der Waals surface area (Å²) in [5.41, 5.74) is 7.19. The van der Waals surface area contributed by atoms with Gasteiger partial charge in [-0.15, -0.1) is 0 Å². The Kier molecular flexibility index (Phi) is 1.39. The van der Waals surface area contributed by atoms with E-state index in [1.54, 1.807) is 19.1 Å². The predicted molar refractivity (Wildman–Crippen MR) is 45.3 cm³/mol. The van der Waals surface area contributed by atoms with Gasteiger partial charge in [0.2, 0.25) is 0 Å². The third-order valence-corrected chi connectivity index (χ3v) is 2.07. The number of hydrogen-bond donors (Lipinski definition) is 1. The Morgan fingerprint density at radius 3 is 2.62 bits per heavy atom. The number of anilines is 1. The average molecular weight is 177 g/mol. The maximum Gasteiger partial charge on any atom is 0.349 e. The molecule has 0 saturated heterocycles. The summed E-state index contributed by atoms with van der Waals surface area (Å²) in [4.78, 5) is 22.2. The molecule has 2 rings (SSSR count). The molecule has 1 heterocycles. The van der Waals surface area contributed by atoms with Crippen LogP contribution in [0.4, 0.5) is 5.69 Å². The molecule has 4 heteroatoms. The molecular formula is C9H7NO3. The van der Waals surface area contributed by atoms with Gasteiger partial charge in [-0.3, -0.25) is 0 Å². The van der Waals surface area contributed by atoms with Crippen molar-refractivity contribution in [3.63, 3.8) is 0 Å². The Balaban J connectivity index is 2.78. The lowest BCUT2D eigenvalue weighted by Crippen LogP contribution is -2.01. The highest BCUT2D eigenvalue weighted by Gasteiger charge is 2.31. The maximum atomic E-state index is 11.1. The van der Waals surface area contributed by atoms with Gasteiger partial charge in [0.25, 0.3) is 0 Å². The van der Waals surface area contributed by atoms with E-state index in [4.69, 9.17) is 5.73 Å². The van der Waals surface area contributed by atoms with Crippen molar-refractivity contribution < 1.29 is 14.3 Å². The van der Waals surface area contributed by atoms with Gasteiger partial charge in [0, 0.05) is 5.69 Å². The van der Waals surface area contributed by atoms with E-state index in [1.165, 1.54) is 0 Å². The third-order valence-electron chi connectivity index (χ3n) is 2.07. The zero-order chi connectivity index (χ0) is 9.59. The largest absolute Gasteiger partial charge is 0.398 e. The van der Waals surface area contributed by atoms with Crippen LogP contribution >= 0.6 is 0 Å². The van der Waals surface area contributed by atoms with Crippen molar-refractivity contribution in [1.82, 2.24) is 0 Å². The van der Waals surface area contributed by atoms with Gasteiger partial charge < -0.3 is 10.5 Å². The number of esters is 2. The molecule has 66 valence electrons. The highest BCUT2D eigenvalue weighted by atomic mass is 16.6. The Morgan fingerprint density at radius 1 is 1.23 bits per heavy atom. The molecule has 1 aliphatic heterocycles. The second-order valence-electron chi connectivity index (χ2n) is 2.90. The van der Waals surface area contributed by atoms with Crippen LogP contribution in [0.15, 0.2) is 12.1 Å². The lowest BCUT2D eigenvalue weighted by molar-refractivity contribution is 0.0444. The maximum absolute atomic E-state index is 11.1. The van der Waals surface area contributed by atoms with E-state index >= 15 is 0 Å². The molecule has 13 heavy (non-hydrogen) atoms. The molecule has 0 atom stereocenters. The van der Waals surface area contributed by atoms with Crippen molar-refractivity contribution in [3.05, 3.63) is 28.8 Å². The van der Waals surface area contributed by atoms with Crippen LogP contribution in [0, 0.1) is 6.92 Å². The molecule has 1 aliphatic rings. The molecule has 2 N–H and O–H groups in total. The number of cyclic esters (lactones) is 2. The minimum atomic E-state index is -0.652. The van der Waals surface area contributed by atoms with Crippen LogP contribution in [-0.4, -0.2) is 11.9 Å². The lowest BCUT2D eigenvalue weighted by Gasteiger charge is -2.01. The fraction of sp³-hybridized carbons (Fsp3) is 0.111. The van der Waals surface area contributed by atoms with E-state index < -0.39 is 11.9 Å². The molecule has 0 aromatic heterocycles. The summed E-state index contributed by atoms with van der Waals surface area (Å²) in [6.45, 7) is 1.77. The van der Waals surface area contributed by atoms with Crippen molar-refractivity contribution >= 4 is 17.6 Å². The van der Waals surface area contributed by atoms with Crippen molar-refractivity contribution in [3.8, 4) is 0 Å². The number of benzene rings is 1. The summed E-state index contributed by atoms with van der Waals surface area (Å²) in [6, 6.07) is 3.24. The summed E-state index contributed by atoms with van der Waals surface area (Å²) in [6.07, 6.45) is 0. The molecule has 0 unspecified atom stereocenters. The Bertz CT molecular complexity index is 423. The molecule has 0 amide bonds. The number of carbonyl (C=O) groups excluding carboxylic acids is 2. The Labute approximate surface area is 74.3 Å². The number of nitrogen functional groups attached to an aromatic ring is 1. The van der Waals surface area contributed by atoms with Crippen LogP contribution in [0.1, 0.15) is 26.3 Å². The van der Waals surface area contributed by atoms with Gasteiger partial charge in [-0.1, -0.05) is 6.07 Å². The lowest BCUT2D eigenvalue weighted by atomic mass is 10.0. The Morgan fingerprint density at radius 2 is 1.92 bits per heavy atom. The zero-order valence-corrected chi connectivity index (χ0v) is 6.96. The number of aryl methyl sites for hydroxylation is 1. The Hall–Kier alpha value is -1.84. The molecule has 0 spiro atoms. The summed E-state index contributed by atoms with van der Waals surface area (Å²) >= 11 is 0. The average Bonchev–Trinajstić information content (AvgIpc) is 2.35. The third kappa shape index (κ3) is 0.917. The molecule has 1 aromatic rings. The van der Waals surface area contributed by atoms with Gasteiger partial charge in [-0.25, -0.2) is 9.59 Å². The second-order valence-corrected chi connectivity index (χ2v) is 2.90. The number of rotatable bonds is 0. The minimum absolute atomic E-state index is 0.199. The standard InChI is InChI=1S/C9H7NO3/c1-4-2-3-5-6(7(4)10)9(12)13-8(5)11/h2-3H,10H2,1H3. The van der Waals surface area contributed by atoms with Crippen LogP contribution in [0.5, 0.6) is 0 Å². The summed E-state index contributed by atoms with van der Waals surface area (Å²) in [5, 5.41) is 0. The summed E-state index contributed by atoms with van der Waals surface area (Å²) < 4.78 is 4.41. The predicted octanol–water partition coefficient (Wildman–Crippen LogP) is 0.888. The van der Waals surface area contributed by atoms with Crippen LogP contribution in [0.25, 0.3) is 0 Å². The van der Waals surface area contributed by atoms with Crippen molar-refractivity contribution in [2.45, 2.75) is 6.92 Å². The number of hydrogen-bond acceptors (Lipinski definition) is 4. The summed E-state index contributed by atoms with van der Waals surface area (Å²) in [7, 11) is 0. The van der Waals surface area contributed by atoms with Gasteiger partial charge in [0.15, 0.2) is 0 Å². The van der Waals surface area contributed by atoms with Crippen molar-refractivity contribution in [1.29, 1.82) is 0 Å². The SMILES string of the molecule is Cc1ccc2c(c1N)C(=O)OC2=O. The van der Waals surface area contributed by atoms with Gasteiger partial charge in [0.1, 0.15) is 0 Å². The van der Waals surface area contributed by atoms with Crippen LogP contribution in [-0.2, 0) is 4.74 Å². The van der Waals surface area contributed by atoms with Gasteiger partial charge in [-0.2, -0.15) is 0 Å². The zero-order valence-electron chi connectivity index (χ0n) is 6.96. The molecule has 0 fully saturated rings. The van der Waals surface area contributed by atoms with Crippen molar-refractivity contribution in [2.75, 3.05) is 5.73 Å². The van der Waals surface area contributed by atoms with E-state index in [9.17, 15) is 9.59 Å². The van der Waals surface area contributed by atoms with Gasteiger partial charge in [0.05, 0.1) is 11.1 Å². The van der Waals surface area contributed by atoms with E-state index in [2.05, 4.69) is 4.74 Å². The molecular weight excluding hydrogens is 170 g/mol. The molecule has 0 aliphatic carbocycles. The highest BCUT2D eigenvalue weighted by Crippen LogP contribution is 2.27. The number of nitrogens with two attached hydrogens (primary N) is 1. The summed E-state index contributed by atoms with van der Waals surface area (Å²) in [5.74, 6) is -1.27. The van der Waals surface area contributed by atoms with Crippen LogP contribution < -0.4 is 5.73 Å². The molecule has 0 bridgehead atoms. The quantitative estimate of drug-likeness (QED) is 0.363. The monoisotopic (exact) mass is 177 g/mol. The first kappa shape index (κ1) is 7.79. The van der Waals surface area contributed by atoms with E-state index in [1.807, 2.05) is 0 Å². The first-order valence-corrected chi connectivity index (χ1v) is 3.77. The number of ether oxygens (including phenoxy) is 1. The minimum Gasteiger partial charge on any atom is -0.398 e.